The van der Waals surface area contributed by atoms with Crippen LogP contribution >= 0.6 is 0 Å². The molecular formula is C19H20N4O3. The van der Waals surface area contributed by atoms with Crippen LogP contribution in [-0.2, 0) is 7.05 Å². The minimum absolute atomic E-state index is 0.0481. The Bertz CT molecular complexity index is 980. The van der Waals surface area contributed by atoms with E-state index in [4.69, 9.17) is 5.11 Å². The molecule has 0 aliphatic carbocycles. The van der Waals surface area contributed by atoms with E-state index in [1.54, 1.807) is 10.9 Å². The van der Waals surface area contributed by atoms with Gasteiger partial charge in [-0.2, -0.15) is 5.10 Å². The Labute approximate surface area is 150 Å². The van der Waals surface area contributed by atoms with Crippen molar-refractivity contribution < 1.29 is 14.7 Å². The van der Waals surface area contributed by atoms with Gasteiger partial charge in [-0.15, -0.1) is 0 Å². The number of carbonyl (C=O) groups excluding carboxylic acids is 1. The first kappa shape index (κ1) is 16.4. The third kappa shape index (κ3) is 2.75. The molecule has 4 rings (SSSR count). The van der Waals surface area contributed by atoms with Crippen LogP contribution in [0.4, 0.5) is 0 Å². The fourth-order valence-electron chi connectivity index (χ4n) is 3.66. The SMILES string of the molecule is Cn1cc(C(=O)N2CCC(n3cc(C(=O)O)cn3)CC2)c2ccccc21. The largest absolute Gasteiger partial charge is 0.478 e. The lowest BCUT2D eigenvalue weighted by molar-refractivity contribution is 0.0689. The van der Waals surface area contributed by atoms with Gasteiger partial charge < -0.3 is 14.6 Å². The first-order chi connectivity index (χ1) is 12.5. The van der Waals surface area contributed by atoms with E-state index in [-0.39, 0.29) is 17.5 Å². The summed E-state index contributed by atoms with van der Waals surface area (Å²) in [4.78, 5) is 25.8. The molecule has 1 aliphatic heterocycles. The van der Waals surface area contributed by atoms with Gasteiger partial charge in [0.15, 0.2) is 0 Å². The number of carboxylic acid groups (broad SMARTS) is 1. The zero-order valence-electron chi connectivity index (χ0n) is 14.5. The number of aromatic nitrogens is 3. The van der Waals surface area contributed by atoms with Crippen molar-refractivity contribution in [3.05, 3.63) is 54.0 Å². The van der Waals surface area contributed by atoms with E-state index in [0.717, 1.165) is 29.3 Å². The number of hydrogen-bond acceptors (Lipinski definition) is 3. The highest BCUT2D eigenvalue weighted by molar-refractivity contribution is 6.07. The molecular weight excluding hydrogens is 332 g/mol. The van der Waals surface area contributed by atoms with E-state index in [2.05, 4.69) is 5.10 Å². The highest BCUT2D eigenvalue weighted by Gasteiger charge is 2.27. The lowest BCUT2D eigenvalue weighted by Crippen LogP contribution is -2.39. The van der Waals surface area contributed by atoms with Gasteiger partial charge >= 0.3 is 5.97 Å². The third-order valence-electron chi connectivity index (χ3n) is 5.10. The molecule has 0 unspecified atom stereocenters. The van der Waals surface area contributed by atoms with Crippen molar-refractivity contribution in [3.63, 3.8) is 0 Å². The molecule has 1 fully saturated rings. The zero-order chi connectivity index (χ0) is 18.3. The number of amides is 1. The van der Waals surface area contributed by atoms with E-state index >= 15 is 0 Å². The second-order valence-corrected chi connectivity index (χ2v) is 6.71. The molecule has 7 heteroatoms. The van der Waals surface area contributed by atoms with Gasteiger partial charge in [0.2, 0.25) is 0 Å². The summed E-state index contributed by atoms with van der Waals surface area (Å²) in [7, 11) is 1.95. The van der Waals surface area contributed by atoms with Gasteiger partial charge in [0.25, 0.3) is 5.91 Å². The Morgan fingerprint density at radius 1 is 1.15 bits per heavy atom. The third-order valence-corrected chi connectivity index (χ3v) is 5.10. The minimum atomic E-state index is -0.972. The molecule has 0 bridgehead atoms. The fourth-order valence-corrected chi connectivity index (χ4v) is 3.66. The number of aromatic carboxylic acids is 1. The average molecular weight is 352 g/mol. The monoisotopic (exact) mass is 352 g/mol. The van der Waals surface area contributed by atoms with Crippen molar-refractivity contribution >= 4 is 22.8 Å². The summed E-state index contributed by atoms with van der Waals surface area (Å²) in [5.74, 6) is -0.924. The van der Waals surface area contributed by atoms with Crippen molar-refractivity contribution in [2.45, 2.75) is 18.9 Å². The quantitative estimate of drug-likeness (QED) is 0.785. The molecule has 0 saturated carbocycles. The lowest BCUT2D eigenvalue weighted by Gasteiger charge is -2.32. The van der Waals surface area contributed by atoms with E-state index in [9.17, 15) is 9.59 Å². The van der Waals surface area contributed by atoms with Crippen LogP contribution in [0.15, 0.2) is 42.9 Å². The number of hydrogen-bond donors (Lipinski definition) is 1. The number of likely N-dealkylation sites (tertiary alicyclic amines) is 1. The molecule has 1 amide bonds. The molecule has 3 heterocycles. The number of rotatable bonds is 3. The second kappa shape index (κ2) is 6.33. The first-order valence-electron chi connectivity index (χ1n) is 8.65. The summed E-state index contributed by atoms with van der Waals surface area (Å²) in [5.41, 5.74) is 1.97. The number of nitrogens with zero attached hydrogens (tertiary/aromatic N) is 4. The molecule has 7 nitrogen and oxygen atoms in total. The standard InChI is InChI=1S/C19H20N4O3/c1-21-12-16(15-4-2-3-5-17(15)21)18(24)22-8-6-14(7-9-22)23-11-13(10-20-23)19(25)26/h2-5,10-12,14H,6-9H2,1H3,(H,25,26). The molecule has 0 radical (unpaired) electrons. The number of aryl methyl sites for hydroxylation is 1. The van der Waals surface area contributed by atoms with Crippen LogP contribution in [0.1, 0.15) is 39.6 Å². The maximum absolute atomic E-state index is 13.0. The number of carbonyl (C=O) groups is 2. The van der Waals surface area contributed by atoms with E-state index in [1.165, 1.54) is 6.20 Å². The molecule has 1 aromatic carbocycles. The smallest absolute Gasteiger partial charge is 0.338 e. The van der Waals surface area contributed by atoms with E-state index < -0.39 is 5.97 Å². The van der Waals surface area contributed by atoms with Gasteiger partial charge in [0, 0.05) is 43.4 Å². The molecule has 26 heavy (non-hydrogen) atoms. The Balaban J connectivity index is 1.48. The summed E-state index contributed by atoms with van der Waals surface area (Å²) in [6.45, 7) is 1.27. The highest BCUT2D eigenvalue weighted by Crippen LogP contribution is 2.26. The molecule has 1 N–H and O–H groups in total. The van der Waals surface area contributed by atoms with Crippen LogP contribution in [0.5, 0.6) is 0 Å². The number of piperidine rings is 1. The van der Waals surface area contributed by atoms with Crippen molar-refractivity contribution in [1.29, 1.82) is 0 Å². The van der Waals surface area contributed by atoms with Crippen LogP contribution in [0.25, 0.3) is 10.9 Å². The van der Waals surface area contributed by atoms with Crippen LogP contribution < -0.4 is 0 Å². The predicted molar refractivity (Wildman–Crippen MR) is 96.3 cm³/mol. The molecule has 0 atom stereocenters. The normalized spacial score (nSPS) is 15.5. The number of fused-ring (bicyclic) bond motifs is 1. The molecule has 1 saturated heterocycles. The second-order valence-electron chi connectivity index (χ2n) is 6.71. The topological polar surface area (TPSA) is 80.4 Å². The summed E-state index contributed by atoms with van der Waals surface area (Å²) in [6.07, 6.45) is 6.35. The Kier molecular flexibility index (Phi) is 3.99. The fraction of sp³-hybridized carbons (Fsp3) is 0.316. The molecule has 134 valence electrons. The van der Waals surface area contributed by atoms with E-state index in [1.807, 2.05) is 47.0 Å². The highest BCUT2D eigenvalue weighted by atomic mass is 16.4. The Morgan fingerprint density at radius 3 is 2.58 bits per heavy atom. The van der Waals surface area contributed by atoms with Gasteiger partial charge in [-0.3, -0.25) is 9.48 Å². The van der Waals surface area contributed by atoms with E-state index in [0.29, 0.717) is 13.1 Å². The summed E-state index contributed by atoms with van der Waals surface area (Å²) in [6, 6.07) is 8.03. The van der Waals surface area contributed by atoms with Gasteiger partial charge in [-0.05, 0) is 18.9 Å². The van der Waals surface area contributed by atoms with Crippen molar-refractivity contribution in [2.75, 3.05) is 13.1 Å². The van der Waals surface area contributed by atoms with Crippen LogP contribution in [-0.4, -0.2) is 49.3 Å². The number of benzene rings is 1. The molecule has 0 spiro atoms. The molecule has 3 aromatic rings. The minimum Gasteiger partial charge on any atom is -0.478 e. The van der Waals surface area contributed by atoms with Crippen LogP contribution in [0.3, 0.4) is 0 Å². The van der Waals surface area contributed by atoms with Gasteiger partial charge in [-0.25, -0.2) is 4.79 Å². The Morgan fingerprint density at radius 2 is 1.88 bits per heavy atom. The maximum Gasteiger partial charge on any atom is 0.338 e. The average Bonchev–Trinajstić information content (AvgIpc) is 3.27. The van der Waals surface area contributed by atoms with Crippen LogP contribution in [0, 0.1) is 0 Å². The van der Waals surface area contributed by atoms with Gasteiger partial charge in [0.05, 0.1) is 23.4 Å². The maximum atomic E-state index is 13.0. The Hall–Kier alpha value is -3.09. The van der Waals surface area contributed by atoms with Crippen molar-refractivity contribution in [3.8, 4) is 0 Å². The number of para-hydroxylation sites is 1. The summed E-state index contributed by atoms with van der Waals surface area (Å²) >= 11 is 0. The zero-order valence-corrected chi connectivity index (χ0v) is 14.5. The van der Waals surface area contributed by atoms with Gasteiger partial charge in [0.1, 0.15) is 0 Å². The predicted octanol–water partition coefficient (Wildman–Crippen LogP) is 2.55. The van der Waals surface area contributed by atoms with Crippen molar-refractivity contribution in [1.82, 2.24) is 19.2 Å². The molecule has 1 aliphatic rings. The number of carboxylic acids is 1. The summed E-state index contributed by atoms with van der Waals surface area (Å²) in [5, 5.41) is 14.2. The lowest BCUT2D eigenvalue weighted by atomic mass is 10.0. The first-order valence-corrected chi connectivity index (χ1v) is 8.65. The van der Waals surface area contributed by atoms with Crippen LogP contribution in [0.2, 0.25) is 0 Å². The summed E-state index contributed by atoms with van der Waals surface area (Å²) < 4.78 is 3.69. The van der Waals surface area contributed by atoms with Gasteiger partial charge in [-0.1, -0.05) is 18.2 Å². The molecule has 2 aromatic heterocycles. The van der Waals surface area contributed by atoms with Crippen molar-refractivity contribution in [2.24, 2.45) is 7.05 Å².